The van der Waals surface area contributed by atoms with Crippen LogP contribution in [0.3, 0.4) is 0 Å². The van der Waals surface area contributed by atoms with Gasteiger partial charge >= 0.3 is 0 Å². The van der Waals surface area contributed by atoms with Gasteiger partial charge in [-0.25, -0.2) is 5.43 Å². The Morgan fingerprint density at radius 1 is 1.28 bits per heavy atom. The summed E-state index contributed by atoms with van der Waals surface area (Å²) in [5.74, 6) is 6.40. The molecular formula is C12H12Cl2N2OS. The van der Waals surface area contributed by atoms with E-state index < -0.39 is 0 Å². The van der Waals surface area contributed by atoms with Crippen molar-refractivity contribution in [2.75, 3.05) is 7.11 Å². The minimum atomic E-state index is -0.188. The van der Waals surface area contributed by atoms with E-state index in [1.165, 1.54) is 11.3 Å². The highest BCUT2D eigenvalue weighted by Crippen LogP contribution is 2.37. The molecule has 2 rings (SSSR count). The predicted molar refractivity (Wildman–Crippen MR) is 76.5 cm³/mol. The van der Waals surface area contributed by atoms with Crippen LogP contribution >= 0.6 is 34.5 Å². The summed E-state index contributed by atoms with van der Waals surface area (Å²) in [6, 6.07) is 9.26. The average molecular weight is 303 g/mol. The summed E-state index contributed by atoms with van der Waals surface area (Å²) >= 11 is 13.4. The Bertz CT molecular complexity index is 527. The molecule has 0 saturated heterocycles. The molecule has 6 heteroatoms. The molecule has 0 spiro atoms. The van der Waals surface area contributed by atoms with Crippen LogP contribution in [0.2, 0.25) is 8.67 Å². The zero-order valence-corrected chi connectivity index (χ0v) is 11.9. The Morgan fingerprint density at radius 3 is 2.39 bits per heavy atom. The fourth-order valence-electron chi connectivity index (χ4n) is 1.71. The number of halogens is 2. The Balaban J connectivity index is 2.35. The maximum atomic E-state index is 6.14. The van der Waals surface area contributed by atoms with Gasteiger partial charge in [-0.3, -0.25) is 5.84 Å². The van der Waals surface area contributed by atoms with Crippen molar-refractivity contribution < 1.29 is 4.74 Å². The summed E-state index contributed by atoms with van der Waals surface area (Å²) in [5.41, 5.74) is 4.62. The van der Waals surface area contributed by atoms with Crippen LogP contribution < -0.4 is 16.0 Å². The third-order valence-electron chi connectivity index (χ3n) is 2.61. The zero-order chi connectivity index (χ0) is 13.1. The van der Waals surface area contributed by atoms with E-state index in [9.17, 15) is 0 Å². The van der Waals surface area contributed by atoms with Crippen LogP contribution in [0, 0.1) is 0 Å². The predicted octanol–water partition coefficient (Wildman–Crippen LogP) is 3.62. The second-order valence-corrected chi connectivity index (χ2v) is 5.94. The number of nitrogens with two attached hydrogens (primary N) is 1. The molecule has 1 aromatic heterocycles. The van der Waals surface area contributed by atoms with Crippen LogP contribution in [0.4, 0.5) is 0 Å². The Kier molecular flexibility index (Phi) is 4.48. The van der Waals surface area contributed by atoms with Crippen molar-refractivity contribution in [3.8, 4) is 5.75 Å². The molecule has 1 unspecified atom stereocenters. The fraction of sp³-hybridized carbons (Fsp3) is 0.167. The minimum Gasteiger partial charge on any atom is -0.497 e. The van der Waals surface area contributed by atoms with Gasteiger partial charge in [0.05, 0.1) is 21.8 Å². The van der Waals surface area contributed by atoms with E-state index in [1.807, 2.05) is 30.3 Å². The van der Waals surface area contributed by atoms with Crippen LogP contribution in [-0.4, -0.2) is 7.11 Å². The van der Waals surface area contributed by atoms with Crippen molar-refractivity contribution in [2.45, 2.75) is 6.04 Å². The number of ether oxygens (including phenoxy) is 1. The van der Waals surface area contributed by atoms with Gasteiger partial charge in [-0.2, -0.15) is 0 Å². The number of rotatable bonds is 4. The third kappa shape index (κ3) is 2.79. The van der Waals surface area contributed by atoms with Gasteiger partial charge in [-0.1, -0.05) is 35.3 Å². The molecular weight excluding hydrogens is 291 g/mol. The lowest BCUT2D eigenvalue weighted by Gasteiger charge is -2.16. The van der Waals surface area contributed by atoms with Crippen molar-refractivity contribution >= 4 is 34.5 Å². The van der Waals surface area contributed by atoms with Gasteiger partial charge in [-0.15, -0.1) is 11.3 Å². The lowest BCUT2D eigenvalue weighted by Crippen LogP contribution is -2.28. The highest BCUT2D eigenvalue weighted by molar-refractivity contribution is 7.20. The Labute approximate surface area is 119 Å². The topological polar surface area (TPSA) is 47.3 Å². The van der Waals surface area contributed by atoms with Gasteiger partial charge in [0.2, 0.25) is 0 Å². The van der Waals surface area contributed by atoms with Crippen molar-refractivity contribution in [2.24, 2.45) is 5.84 Å². The first-order chi connectivity index (χ1) is 8.65. The standard InChI is InChI=1S/C12H12Cl2N2OS/c1-17-8-4-2-7(3-5-8)11(16-15)9-6-10(13)18-12(9)14/h2-6,11,16H,15H2,1H3. The molecule has 0 saturated carbocycles. The van der Waals surface area contributed by atoms with Crippen molar-refractivity contribution in [1.29, 1.82) is 0 Å². The van der Waals surface area contributed by atoms with Crippen LogP contribution in [0.25, 0.3) is 0 Å². The molecule has 1 aromatic carbocycles. The van der Waals surface area contributed by atoms with Gasteiger partial charge in [0.25, 0.3) is 0 Å². The number of hydrogen-bond acceptors (Lipinski definition) is 4. The molecule has 1 atom stereocenters. The lowest BCUT2D eigenvalue weighted by atomic mass is 10.0. The molecule has 3 nitrogen and oxygen atoms in total. The number of hydrazine groups is 1. The second kappa shape index (κ2) is 5.91. The maximum Gasteiger partial charge on any atom is 0.118 e. The van der Waals surface area contributed by atoms with Crippen LogP contribution in [0.15, 0.2) is 30.3 Å². The normalized spacial score (nSPS) is 12.4. The first-order valence-electron chi connectivity index (χ1n) is 5.20. The molecule has 18 heavy (non-hydrogen) atoms. The van der Waals surface area contributed by atoms with Gasteiger partial charge in [0, 0.05) is 5.56 Å². The second-order valence-electron chi connectivity index (χ2n) is 3.65. The average Bonchev–Trinajstić information content (AvgIpc) is 2.70. The van der Waals surface area contributed by atoms with E-state index in [1.54, 1.807) is 7.11 Å². The Hall–Kier alpha value is -0.780. The first-order valence-corrected chi connectivity index (χ1v) is 6.77. The number of benzene rings is 1. The number of thiophene rings is 1. The molecule has 0 aliphatic carbocycles. The smallest absolute Gasteiger partial charge is 0.118 e. The van der Waals surface area contributed by atoms with Crippen LogP contribution in [0.5, 0.6) is 5.75 Å². The zero-order valence-electron chi connectivity index (χ0n) is 9.61. The first kappa shape index (κ1) is 13.6. The molecule has 0 bridgehead atoms. The summed E-state index contributed by atoms with van der Waals surface area (Å²) in [7, 11) is 1.63. The highest BCUT2D eigenvalue weighted by atomic mass is 35.5. The number of nitrogens with one attached hydrogen (secondary N) is 1. The number of hydrogen-bond donors (Lipinski definition) is 2. The maximum absolute atomic E-state index is 6.14. The monoisotopic (exact) mass is 302 g/mol. The summed E-state index contributed by atoms with van der Waals surface area (Å²) in [4.78, 5) is 0. The van der Waals surface area contributed by atoms with E-state index >= 15 is 0 Å². The van der Waals surface area contributed by atoms with E-state index in [2.05, 4.69) is 5.43 Å². The molecule has 0 fully saturated rings. The lowest BCUT2D eigenvalue weighted by molar-refractivity contribution is 0.414. The van der Waals surface area contributed by atoms with Crippen molar-refractivity contribution in [1.82, 2.24) is 5.43 Å². The molecule has 0 radical (unpaired) electrons. The molecule has 2 aromatic rings. The Morgan fingerprint density at radius 2 is 1.94 bits per heavy atom. The summed E-state index contributed by atoms with van der Waals surface area (Å²) in [6.45, 7) is 0. The minimum absolute atomic E-state index is 0.188. The quantitative estimate of drug-likeness (QED) is 0.670. The van der Waals surface area contributed by atoms with Gasteiger partial charge in [-0.05, 0) is 23.8 Å². The van der Waals surface area contributed by atoms with E-state index in [-0.39, 0.29) is 6.04 Å². The number of methoxy groups -OCH3 is 1. The molecule has 96 valence electrons. The molecule has 0 aliphatic rings. The van der Waals surface area contributed by atoms with Gasteiger partial charge in [0.1, 0.15) is 5.75 Å². The summed E-state index contributed by atoms with van der Waals surface area (Å²) in [6.07, 6.45) is 0. The van der Waals surface area contributed by atoms with E-state index in [0.717, 1.165) is 16.9 Å². The summed E-state index contributed by atoms with van der Waals surface area (Å²) in [5, 5.41) is 0. The van der Waals surface area contributed by atoms with Crippen molar-refractivity contribution in [3.63, 3.8) is 0 Å². The van der Waals surface area contributed by atoms with Crippen molar-refractivity contribution in [3.05, 3.63) is 50.1 Å². The molecule has 1 heterocycles. The van der Waals surface area contributed by atoms with Crippen LogP contribution in [-0.2, 0) is 0 Å². The molecule has 0 amide bonds. The molecule has 0 aliphatic heterocycles. The van der Waals surface area contributed by atoms with E-state index in [0.29, 0.717) is 8.67 Å². The SMILES string of the molecule is COc1ccc(C(NN)c2cc(Cl)sc2Cl)cc1. The van der Waals surface area contributed by atoms with Gasteiger partial charge in [0.15, 0.2) is 0 Å². The van der Waals surface area contributed by atoms with Crippen LogP contribution in [0.1, 0.15) is 17.2 Å². The highest BCUT2D eigenvalue weighted by Gasteiger charge is 2.18. The van der Waals surface area contributed by atoms with Gasteiger partial charge < -0.3 is 4.74 Å². The fourth-order valence-corrected chi connectivity index (χ4v) is 3.24. The summed E-state index contributed by atoms with van der Waals surface area (Å²) < 4.78 is 6.40. The van der Waals surface area contributed by atoms with E-state index in [4.69, 9.17) is 33.8 Å². The largest absolute Gasteiger partial charge is 0.497 e. The molecule has 3 N–H and O–H groups in total. The third-order valence-corrected chi connectivity index (χ3v) is 4.13.